The van der Waals surface area contributed by atoms with Crippen LogP contribution in [0.4, 0.5) is 0 Å². The van der Waals surface area contributed by atoms with Crippen molar-refractivity contribution in [1.82, 2.24) is 19.6 Å². The van der Waals surface area contributed by atoms with Crippen LogP contribution in [0.1, 0.15) is 30.6 Å². The number of ketones is 1. The molecule has 0 spiro atoms. The molecule has 0 fully saturated rings. The van der Waals surface area contributed by atoms with Crippen LogP contribution in [0.25, 0.3) is 5.82 Å². The molecule has 5 heteroatoms. The van der Waals surface area contributed by atoms with Crippen molar-refractivity contribution >= 4 is 5.78 Å². The Bertz CT molecular complexity index is 484. The summed E-state index contributed by atoms with van der Waals surface area (Å²) in [6, 6.07) is 1.83. The first kappa shape index (κ1) is 10.6. The van der Waals surface area contributed by atoms with E-state index in [1.165, 1.54) is 0 Å². The number of nitrogens with zero attached hydrogens (tertiary/aromatic N) is 4. The van der Waals surface area contributed by atoms with E-state index in [1.807, 2.05) is 16.9 Å². The molecule has 0 aromatic carbocycles. The number of aryl methyl sites for hydroxylation is 1. The number of Topliss-reactive ketones (excluding diaryl/α,β-unsaturated/α-hetero) is 1. The molecule has 5 nitrogen and oxygen atoms in total. The van der Waals surface area contributed by atoms with Crippen LogP contribution >= 0.6 is 0 Å². The Morgan fingerprint density at radius 1 is 1.44 bits per heavy atom. The van der Waals surface area contributed by atoms with Crippen molar-refractivity contribution in [3.63, 3.8) is 0 Å². The van der Waals surface area contributed by atoms with Crippen LogP contribution in [0.3, 0.4) is 0 Å². The van der Waals surface area contributed by atoms with E-state index in [0.717, 1.165) is 18.8 Å². The molecule has 0 saturated carbocycles. The van der Waals surface area contributed by atoms with Gasteiger partial charge >= 0.3 is 0 Å². The van der Waals surface area contributed by atoms with Gasteiger partial charge in [-0.25, -0.2) is 9.36 Å². The average molecular weight is 218 g/mol. The Labute approximate surface area is 93.7 Å². The van der Waals surface area contributed by atoms with E-state index < -0.39 is 0 Å². The number of aromatic nitrogens is 4. The monoisotopic (exact) mass is 218 g/mol. The molecule has 0 bridgehead atoms. The van der Waals surface area contributed by atoms with Gasteiger partial charge in [0.2, 0.25) is 0 Å². The SMILES string of the molecule is CCCn1ncc(C(C)=O)c1-n1cccn1. The predicted octanol–water partition coefficient (Wildman–Crippen LogP) is 1.68. The van der Waals surface area contributed by atoms with Gasteiger partial charge in [-0.05, 0) is 19.4 Å². The third-order valence-corrected chi connectivity index (χ3v) is 2.35. The van der Waals surface area contributed by atoms with E-state index in [-0.39, 0.29) is 5.78 Å². The highest BCUT2D eigenvalue weighted by Crippen LogP contribution is 2.14. The summed E-state index contributed by atoms with van der Waals surface area (Å²) in [6.07, 6.45) is 6.07. The van der Waals surface area contributed by atoms with Crippen molar-refractivity contribution in [3.8, 4) is 5.82 Å². The Hall–Kier alpha value is -1.91. The summed E-state index contributed by atoms with van der Waals surface area (Å²) in [6.45, 7) is 4.39. The van der Waals surface area contributed by atoms with E-state index in [1.54, 1.807) is 24.0 Å². The second kappa shape index (κ2) is 4.30. The van der Waals surface area contributed by atoms with Gasteiger partial charge in [0, 0.05) is 18.9 Å². The van der Waals surface area contributed by atoms with Gasteiger partial charge in [0.1, 0.15) is 0 Å². The van der Waals surface area contributed by atoms with Gasteiger partial charge in [0.05, 0.1) is 11.8 Å². The molecule has 0 amide bonds. The molecular formula is C11H14N4O. The average Bonchev–Trinajstić information content (AvgIpc) is 2.84. The third kappa shape index (κ3) is 1.76. The number of rotatable bonds is 4. The third-order valence-electron chi connectivity index (χ3n) is 2.35. The summed E-state index contributed by atoms with van der Waals surface area (Å²) in [7, 11) is 0. The first-order valence-electron chi connectivity index (χ1n) is 5.30. The molecule has 16 heavy (non-hydrogen) atoms. The number of hydrogen-bond acceptors (Lipinski definition) is 3. The number of carbonyl (C=O) groups excluding carboxylic acids is 1. The fraction of sp³-hybridized carbons (Fsp3) is 0.364. The van der Waals surface area contributed by atoms with Gasteiger partial charge in [-0.2, -0.15) is 10.2 Å². The standard InChI is InChI=1S/C11H14N4O/c1-3-6-14-11(15-7-4-5-12-15)10(8-13-14)9(2)16/h4-5,7-8H,3,6H2,1-2H3. The van der Waals surface area contributed by atoms with Gasteiger partial charge < -0.3 is 0 Å². The summed E-state index contributed by atoms with van der Waals surface area (Å²) >= 11 is 0. The first-order valence-corrected chi connectivity index (χ1v) is 5.30. The molecule has 2 rings (SSSR count). The molecule has 0 atom stereocenters. The zero-order chi connectivity index (χ0) is 11.5. The summed E-state index contributed by atoms with van der Waals surface area (Å²) in [4.78, 5) is 11.5. The highest BCUT2D eigenvalue weighted by atomic mass is 16.1. The Kier molecular flexibility index (Phi) is 2.85. The molecule has 0 aliphatic rings. The normalized spacial score (nSPS) is 10.6. The lowest BCUT2D eigenvalue weighted by Gasteiger charge is -2.07. The zero-order valence-electron chi connectivity index (χ0n) is 9.42. The Morgan fingerprint density at radius 2 is 2.25 bits per heavy atom. The van der Waals surface area contributed by atoms with E-state index in [0.29, 0.717) is 5.56 Å². The molecular weight excluding hydrogens is 204 g/mol. The number of carbonyl (C=O) groups is 1. The minimum absolute atomic E-state index is 0.00727. The van der Waals surface area contributed by atoms with Crippen LogP contribution in [0.15, 0.2) is 24.7 Å². The van der Waals surface area contributed by atoms with Crippen molar-refractivity contribution in [2.45, 2.75) is 26.8 Å². The molecule has 0 aliphatic carbocycles. The largest absolute Gasteiger partial charge is 0.294 e. The lowest BCUT2D eigenvalue weighted by atomic mass is 10.2. The summed E-state index contributed by atoms with van der Waals surface area (Å²) in [5.41, 5.74) is 0.608. The quantitative estimate of drug-likeness (QED) is 0.734. The summed E-state index contributed by atoms with van der Waals surface area (Å²) in [5, 5.41) is 8.37. The van der Waals surface area contributed by atoms with Gasteiger partial charge in [-0.15, -0.1) is 0 Å². The molecule has 0 N–H and O–H groups in total. The molecule has 2 aromatic rings. The van der Waals surface area contributed by atoms with Crippen LogP contribution in [-0.2, 0) is 6.54 Å². The van der Waals surface area contributed by atoms with Crippen LogP contribution in [0.2, 0.25) is 0 Å². The minimum atomic E-state index is 0.00727. The minimum Gasteiger partial charge on any atom is -0.294 e. The Balaban J connectivity index is 2.54. The lowest BCUT2D eigenvalue weighted by molar-refractivity contribution is 0.101. The lowest BCUT2D eigenvalue weighted by Crippen LogP contribution is -2.10. The number of hydrogen-bond donors (Lipinski definition) is 0. The maximum Gasteiger partial charge on any atom is 0.165 e. The molecule has 0 unspecified atom stereocenters. The Morgan fingerprint density at radius 3 is 2.81 bits per heavy atom. The molecule has 0 radical (unpaired) electrons. The topological polar surface area (TPSA) is 52.7 Å². The van der Waals surface area contributed by atoms with Crippen molar-refractivity contribution in [1.29, 1.82) is 0 Å². The summed E-state index contributed by atoms with van der Waals surface area (Å²) in [5.74, 6) is 0.757. The van der Waals surface area contributed by atoms with Crippen LogP contribution in [-0.4, -0.2) is 25.3 Å². The second-order valence-corrected chi connectivity index (χ2v) is 3.61. The fourth-order valence-corrected chi connectivity index (χ4v) is 1.64. The van der Waals surface area contributed by atoms with Crippen molar-refractivity contribution < 1.29 is 4.79 Å². The molecule has 2 aromatic heterocycles. The molecule has 0 saturated heterocycles. The second-order valence-electron chi connectivity index (χ2n) is 3.61. The predicted molar refractivity (Wildman–Crippen MR) is 59.6 cm³/mol. The van der Waals surface area contributed by atoms with E-state index >= 15 is 0 Å². The fourth-order valence-electron chi connectivity index (χ4n) is 1.64. The zero-order valence-corrected chi connectivity index (χ0v) is 9.42. The van der Waals surface area contributed by atoms with Gasteiger partial charge in [0.25, 0.3) is 0 Å². The highest BCUT2D eigenvalue weighted by molar-refractivity contribution is 5.96. The van der Waals surface area contributed by atoms with Gasteiger partial charge in [0.15, 0.2) is 11.6 Å². The van der Waals surface area contributed by atoms with E-state index in [2.05, 4.69) is 17.1 Å². The van der Waals surface area contributed by atoms with Crippen molar-refractivity contribution in [3.05, 3.63) is 30.2 Å². The van der Waals surface area contributed by atoms with Crippen LogP contribution in [0.5, 0.6) is 0 Å². The van der Waals surface area contributed by atoms with Gasteiger partial charge in [-0.1, -0.05) is 6.92 Å². The highest BCUT2D eigenvalue weighted by Gasteiger charge is 2.15. The molecule has 0 aliphatic heterocycles. The van der Waals surface area contributed by atoms with Crippen molar-refractivity contribution in [2.75, 3.05) is 0 Å². The molecule has 2 heterocycles. The first-order chi connectivity index (χ1) is 7.74. The van der Waals surface area contributed by atoms with E-state index in [4.69, 9.17) is 0 Å². The van der Waals surface area contributed by atoms with Crippen LogP contribution < -0.4 is 0 Å². The smallest absolute Gasteiger partial charge is 0.165 e. The van der Waals surface area contributed by atoms with Crippen molar-refractivity contribution in [2.24, 2.45) is 0 Å². The van der Waals surface area contributed by atoms with Gasteiger partial charge in [-0.3, -0.25) is 4.79 Å². The van der Waals surface area contributed by atoms with E-state index in [9.17, 15) is 4.79 Å². The summed E-state index contributed by atoms with van der Waals surface area (Å²) < 4.78 is 3.49. The maximum absolute atomic E-state index is 11.5. The maximum atomic E-state index is 11.5. The molecule has 84 valence electrons. The van der Waals surface area contributed by atoms with Crippen LogP contribution in [0, 0.1) is 0 Å².